The molecule has 0 heterocycles. The fraction of sp³-hybridized carbons (Fsp3) is 0.222. The summed E-state index contributed by atoms with van der Waals surface area (Å²) in [5.41, 5.74) is 2.10. The first kappa shape index (κ1) is 19.2. The molecule has 2 rings (SSSR count). The van der Waals surface area contributed by atoms with Crippen LogP contribution >= 0.6 is 23.2 Å². The highest BCUT2D eigenvalue weighted by molar-refractivity contribution is 6.35. The molecule has 132 valence electrons. The van der Waals surface area contributed by atoms with Gasteiger partial charge in [0.05, 0.1) is 6.54 Å². The molecule has 0 saturated carbocycles. The third kappa shape index (κ3) is 6.05. The van der Waals surface area contributed by atoms with Crippen LogP contribution in [0.1, 0.15) is 25.5 Å². The Morgan fingerprint density at radius 1 is 1.04 bits per heavy atom. The normalized spacial score (nSPS) is 11.7. The molecule has 0 aliphatic rings. The minimum atomic E-state index is -0.197. The number of hydrogen-bond donors (Lipinski definition) is 3. The highest BCUT2D eigenvalue weighted by Crippen LogP contribution is 2.26. The van der Waals surface area contributed by atoms with E-state index in [4.69, 9.17) is 23.2 Å². The average Bonchev–Trinajstić information content (AvgIpc) is 2.52. The molecule has 1 atom stereocenters. The Hall–Kier alpha value is -2.08. The Kier molecular flexibility index (Phi) is 6.82. The SMILES string of the molecule is CC(=O)Nc1cccc(NC(=O)CN[C@H](C)c2ccc(Cl)cc2Cl)c1. The van der Waals surface area contributed by atoms with Crippen LogP contribution in [-0.4, -0.2) is 18.4 Å². The maximum atomic E-state index is 12.1. The van der Waals surface area contributed by atoms with E-state index in [0.29, 0.717) is 21.4 Å². The number of hydrogen-bond acceptors (Lipinski definition) is 3. The molecule has 7 heteroatoms. The standard InChI is InChI=1S/C18H19Cl2N3O2/c1-11(16-7-6-13(19)8-17(16)20)21-10-18(25)23-15-5-3-4-14(9-15)22-12(2)24/h3-9,11,21H,10H2,1-2H3,(H,22,24)(H,23,25)/t11-/m1/s1. The number of rotatable bonds is 6. The van der Waals surface area contributed by atoms with Crippen molar-refractivity contribution in [1.29, 1.82) is 0 Å². The van der Waals surface area contributed by atoms with Gasteiger partial charge >= 0.3 is 0 Å². The van der Waals surface area contributed by atoms with Crippen molar-refractivity contribution in [2.75, 3.05) is 17.2 Å². The molecule has 2 aromatic rings. The Labute approximate surface area is 156 Å². The second-order valence-corrected chi connectivity index (χ2v) is 6.42. The third-order valence-corrected chi connectivity index (χ3v) is 4.03. The molecule has 0 unspecified atom stereocenters. The summed E-state index contributed by atoms with van der Waals surface area (Å²) in [7, 11) is 0. The van der Waals surface area contributed by atoms with Crippen LogP contribution in [0.25, 0.3) is 0 Å². The Morgan fingerprint density at radius 2 is 1.72 bits per heavy atom. The van der Waals surface area contributed by atoms with E-state index in [1.54, 1.807) is 36.4 Å². The van der Waals surface area contributed by atoms with Gasteiger partial charge in [0.2, 0.25) is 11.8 Å². The largest absolute Gasteiger partial charge is 0.326 e. The molecule has 0 aliphatic heterocycles. The summed E-state index contributed by atoms with van der Waals surface area (Å²) in [6, 6.07) is 12.1. The van der Waals surface area contributed by atoms with Crippen molar-refractivity contribution >= 4 is 46.4 Å². The van der Waals surface area contributed by atoms with Gasteiger partial charge in [-0.3, -0.25) is 9.59 Å². The van der Waals surface area contributed by atoms with Crippen LogP contribution in [0.15, 0.2) is 42.5 Å². The van der Waals surface area contributed by atoms with Gasteiger partial charge in [-0.15, -0.1) is 0 Å². The molecular weight excluding hydrogens is 361 g/mol. The monoisotopic (exact) mass is 379 g/mol. The lowest BCUT2D eigenvalue weighted by atomic mass is 10.1. The molecule has 2 amide bonds. The van der Waals surface area contributed by atoms with Crippen LogP contribution in [0.4, 0.5) is 11.4 Å². The summed E-state index contributed by atoms with van der Waals surface area (Å²) < 4.78 is 0. The quantitative estimate of drug-likeness (QED) is 0.702. The number of halogens is 2. The van der Waals surface area contributed by atoms with E-state index in [-0.39, 0.29) is 24.4 Å². The smallest absolute Gasteiger partial charge is 0.238 e. The molecule has 0 aliphatic carbocycles. The molecule has 0 fully saturated rings. The van der Waals surface area contributed by atoms with Gasteiger partial charge < -0.3 is 16.0 Å². The number of benzene rings is 2. The molecule has 0 spiro atoms. The van der Waals surface area contributed by atoms with Gasteiger partial charge in [-0.2, -0.15) is 0 Å². The van der Waals surface area contributed by atoms with Crippen LogP contribution in [-0.2, 0) is 9.59 Å². The molecule has 0 saturated heterocycles. The number of anilines is 2. The number of carbonyl (C=O) groups is 2. The summed E-state index contributed by atoms with van der Waals surface area (Å²) >= 11 is 12.1. The lowest BCUT2D eigenvalue weighted by Gasteiger charge is -2.16. The van der Waals surface area contributed by atoms with Crippen molar-refractivity contribution in [3.63, 3.8) is 0 Å². The first-order valence-corrected chi connectivity index (χ1v) is 8.46. The predicted molar refractivity (Wildman–Crippen MR) is 102 cm³/mol. The molecule has 0 aromatic heterocycles. The van der Waals surface area contributed by atoms with Crippen LogP contribution in [0.3, 0.4) is 0 Å². The highest BCUT2D eigenvalue weighted by atomic mass is 35.5. The lowest BCUT2D eigenvalue weighted by molar-refractivity contribution is -0.115. The Morgan fingerprint density at radius 3 is 2.36 bits per heavy atom. The summed E-state index contributed by atoms with van der Waals surface area (Å²) in [4.78, 5) is 23.2. The van der Waals surface area contributed by atoms with Crippen molar-refractivity contribution in [2.24, 2.45) is 0 Å². The van der Waals surface area contributed by atoms with Crippen molar-refractivity contribution in [3.8, 4) is 0 Å². The summed E-state index contributed by atoms with van der Waals surface area (Å²) in [5, 5.41) is 9.68. The summed E-state index contributed by atoms with van der Waals surface area (Å²) in [6.07, 6.45) is 0. The number of carbonyl (C=O) groups excluding carboxylic acids is 2. The maximum Gasteiger partial charge on any atom is 0.238 e. The number of amides is 2. The Bertz CT molecular complexity index is 781. The fourth-order valence-electron chi connectivity index (χ4n) is 2.29. The molecule has 2 aromatic carbocycles. The second-order valence-electron chi connectivity index (χ2n) is 5.58. The zero-order valence-electron chi connectivity index (χ0n) is 13.9. The fourth-order valence-corrected chi connectivity index (χ4v) is 2.86. The van der Waals surface area contributed by atoms with Gasteiger partial charge in [0, 0.05) is 34.4 Å². The van der Waals surface area contributed by atoms with E-state index >= 15 is 0 Å². The molecule has 25 heavy (non-hydrogen) atoms. The van der Waals surface area contributed by atoms with Crippen molar-refractivity contribution in [1.82, 2.24) is 5.32 Å². The van der Waals surface area contributed by atoms with Gasteiger partial charge in [0.25, 0.3) is 0 Å². The van der Waals surface area contributed by atoms with Gasteiger partial charge in [-0.05, 0) is 42.8 Å². The van der Waals surface area contributed by atoms with E-state index in [2.05, 4.69) is 16.0 Å². The lowest BCUT2D eigenvalue weighted by Crippen LogP contribution is -2.30. The average molecular weight is 380 g/mol. The number of nitrogens with one attached hydrogen (secondary N) is 3. The molecular formula is C18H19Cl2N3O2. The first-order chi connectivity index (χ1) is 11.8. The highest BCUT2D eigenvalue weighted by Gasteiger charge is 2.11. The zero-order valence-corrected chi connectivity index (χ0v) is 15.4. The minimum Gasteiger partial charge on any atom is -0.326 e. The molecule has 0 radical (unpaired) electrons. The molecule has 0 bridgehead atoms. The van der Waals surface area contributed by atoms with Gasteiger partial charge in [0.15, 0.2) is 0 Å². The maximum absolute atomic E-state index is 12.1. The molecule has 3 N–H and O–H groups in total. The topological polar surface area (TPSA) is 70.2 Å². The van der Waals surface area contributed by atoms with Crippen LogP contribution in [0.2, 0.25) is 10.0 Å². The predicted octanol–water partition coefficient (Wildman–Crippen LogP) is 4.24. The van der Waals surface area contributed by atoms with Gasteiger partial charge in [-0.1, -0.05) is 35.3 Å². The third-order valence-electron chi connectivity index (χ3n) is 3.46. The Balaban J connectivity index is 1.91. The van der Waals surface area contributed by atoms with E-state index in [9.17, 15) is 9.59 Å². The van der Waals surface area contributed by atoms with Crippen molar-refractivity contribution in [3.05, 3.63) is 58.1 Å². The van der Waals surface area contributed by atoms with Crippen LogP contribution in [0, 0.1) is 0 Å². The van der Waals surface area contributed by atoms with E-state index in [1.807, 2.05) is 13.0 Å². The second kappa shape index (κ2) is 8.85. The van der Waals surface area contributed by atoms with E-state index in [1.165, 1.54) is 6.92 Å². The van der Waals surface area contributed by atoms with E-state index in [0.717, 1.165) is 5.56 Å². The summed E-state index contributed by atoms with van der Waals surface area (Å²) in [6.45, 7) is 3.46. The molecule has 5 nitrogen and oxygen atoms in total. The summed E-state index contributed by atoms with van der Waals surface area (Å²) in [5.74, 6) is -0.365. The first-order valence-electron chi connectivity index (χ1n) is 7.71. The van der Waals surface area contributed by atoms with Gasteiger partial charge in [0.1, 0.15) is 0 Å². The van der Waals surface area contributed by atoms with Crippen molar-refractivity contribution in [2.45, 2.75) is 19.9 Å². The minimum absolute atomic E-state index is 0.110. The van der Waals surface area contributed by atoms with Crippen LogP contribution in [0.5, 0.6) is 0 Å². The van der Waals surface area contributed by atoms with Gasteiger partial charge in [-0.25, -0.2) is 0 Å². The van der Waals surface area contributed by atoms with Crippen LogP contribution < -0.4 is 16.0 Å². The van der Waals surface area contributed by atoms with Crippen molar-refractivity contribution < 1.29 is 9.59 Å². The zero-order chi connectivity index (χ0) is 18.4. The van der Waals surface area contributed by atoms with E-state index < -0.39 is 0 Å².